The number of hydrogen-bond donors (Lipinski definition) is 1. The van der Waals surface area contributed by atoms with E-state index in [0.29, 0.717) is 24.0 Å². The molecule has 0 aliphatic rings. The van der Waals surface area contributed by atoms with Gasteiger partial charge in [0, 0.05) is 13.1 Å². The quantitative estimate of drug-likeness (QED) is 0.845. The lowest BCUT2D eigenvalue weighted by atomic mass is 10.2. The van der Waals surface area contributed by atoms with E-state index in [4.69, 9.17) is 11.6 Å². The lowest BCUT2D eigenvalue weighted by molar-refractivity contribution is -0.117. The first-order chi connectivity index (χ1) is 7.95. The number of ketones is 1. The summed E-state index contributed by atoms with van der Waals surface area (Å²) in [6.45, 7) is 6.40. The van der Waals surface area contributed by atoms with E-state index in [1.807, 2.05) is 27.8 Å². The second-order valence-corrected chi connectivity index (χ2v) is 4.81. The smallest absolute Gasteiger partial charge is 0.152 e. The molecule has 0 atom stereocenters. The van der Waals surface area contributed by atoms with Gasteiger partial charge in [-0.3, -0.25) is 9.48 Å². The fourth-order valence-electron chi connectivity index (χ4n) is 1.58. The van der Waals surface area contributed by atoms with Crippen molar-refractivity contribution in [3.8, 4) is 0 Å². The highest BCUT2D eigenvalue weighted by Gasteiger charge is 2.15. The number of carbonyl (C=O) groups excluding carboxylic acids is 1. The summed E-state index contributed by atoms with van der Waals surface area (Å²) >= 11 is 6.18. The predicted octanol–water partition coefficient (Wildman–Crippen LogP) is 1.75. The Kier molecular flexibility index (Phi) is 5.15. The number of nitrogens with one attached hydrogen (secondary N) is 1. The van der Waals surface area contributed by atoms with E-state index in [1.165, 1.54) is 0 Å². The van der Waals surface area contributed by atoms with E-state index in [1.54, 1.807) is 4.68 Å². The molecule has 17 heavy (non-hydrogen) atoms. The van der Waals surface area contributed by atoms with Gasteiger partial charge in [-0.1, -0.05) is 32.4 Å². The van der Waals surface area contributed by atoms with Gasteiger partial charge in [0.1, 0.15) is 0 Å². The van der Waals surface area contributed by atoms with Crippen molar-refractivity contribution in [3.63, 3.8) is 0 Å². The molecule has 1 aromatic heterocycles. The normalized spacial score (nSPS) is 11.2. The molecule has 0 aliphatic carbocycles. The number of aryl methyl sites for hydroxylation is 2. The van der Waals surface area contributed by atoms with Crippen LogP contribution < -0.4 is 5.32 Å². The van der Waals surface area contributed by atoms with Gasteiger partial charge < -0.3 is 5.32 Å². The van der Waals surface area contributed by atoms with Crippen LogP contribution in [0.2, 0.25) is 5.02 Å². The Morgan fingerprint density at radius 3 is 2.65 bits per heavy atom. The minimum Gasteiger partial charge on any atom is -0.308 e. The molecule has 0 aromatic carbocycles. The average Bonchev–Trinajstić information content (AvgIpc) is 2.53. The molecular formula is C12H20ClN3O. The van der Waals surface area contributed by atoms with Gasteiger partial charge in [-0.05, 0) is 6.42 Å². The van der Waals surface area contributed by atoms with Gasteiger partial charge in [0.15, 0.2) is 5.78 Å². The Hall–Kier alpha value is -0.870. The summed E-state index contributed by atoms with van der Waals surface area (Å²) in [5.74, 6) is 0.131. The Labute approximate surface area is 107 Å². The summed E-state index contributed by atoms with van der Waals surface area (Å²) in [4.78, 5) is 11.8. The second kappa shape index (κ2) is 6.17. The third kappa shape index (κ3) is 3.82. The number of Topliss-reactive ketones (excluding diaryl/α,β-unsaturated/α-hetero) is 1. The van der Waals surface area contributed by atoms with Crippen molar-refractivity contribution in [3.05, 3.63) is 16.4 Å². The first-order valence-electron chi connectivity index (χ1n) is 5.91. The Balaban J connectivity index is 2.68. The van der Waals surface area contributed by atoms with Crippen molar-refractivity contribution >= 4 is 17.4 Å². The first-order valence-corrected chi connectivity index (χ1v) is 6.28. The molecule has 1 N–H and O–H groups in total. The fraction of sp³-hybridized carbons (Fsp3) is 0.667. The van der Waals surface area contributed by atoms with Crippen LogP contribution in [0.25, 0.3) is 0 Å². The van der Waals surface area contributed by atoms with Gasteiger partial charge in [-0.15, -0.1) is 0 Å². The molecule has 1 heterocycles. The van der Waals surface area contributed by atoms with Crippen LogP contribution >= 0.6 is 11.6 Å². The van der Waals surface area contributed by atoms with Crippen LogP contribution in [-0.2, 0) is 24.7 Å². The molecule has 1 rings (SSSR count). The number of aromatic nitrogens is 2. The summed E-state index contributed by atoms with van der Waals surface area (Å²) in [6, 6.07) is 0.312. The van der Waals surface area contributed by atoms with Crippen LogP contribution in [0.4, 0.5) is 0 Å². The van der Waals surface area contributed by atoms with Crippen LogP contribution in [0, 0.1) is 0 Å². The van der Waals surface area contributed by atoms with Gasteiger partial charge in [0.25, 0.3) is 0 Å². The molecule has 0 aliphatic heterocycles. The van der Waals surface area contributed by atoms with Crippen LogP contribution in [0.3, 0.4) is 0 Å². The zero-order valence-electron chi connectivity index (χ0n) is 10.9. The van der Waals surface area contributed by atoms with Crippen LogP contribution in [0.1, 0.15) is 32.2 Å². The van der Waals surface area contributed by atoms with Gasteiger partial charge in [0.2, 0.25) is 0 Å². The van der Waals surface area contributed by atoms with Gasteiger partial charge in [0.05, 0.1) is 29.4 Å². The van der Waals surface area contributed by atoms with Crippen LogP contribution in [-0.4, -0.2) is 28.2 Å². The molecular weight excluding hydrogens is 238 g/mol. The molecule has 0 spiro atoms. The molecule has 0 saturated heterocycles. The highest BCUT2D eigenvalue weighted by atomic mass is 35.5. The van der Waals surface area contributed by atoms with E-state index < -0.39 is 0 Å². The minimum atomic E-state index is 0.131. The number of nitrogens with zero attached hydrogens (tertiary/aromatic N) is 2. The lowest BCUT2D eigenvalue weighted by Gasteiger charge is -2.07. The van der Waals surface area contributed by atoms with E-state index >= 15 is 0 Å². The van der Waals surface area contributed by atoms with Crippen molar-refractivity contribution in [2.24, 2.45) is 7.05 Å². The molecule has 0 amide bonds. The summed E-state index contributed by atoms with van der Waals surface area (Å²) in [5.41, 5.74) is 1.66. The van der Waals surface area contributed by atoms with E-state index in [0.717, 1.165) is 17.8 Å². The third-order valence-electron chi connectivity index (χ3n) is 2.58. The highest BCUT2D eigenvalue weighted by Crippen LogP contribution is 2.21. The molecule has 0 fully saturated rings. The largest absolute Gasteiger partial charge is 0.308 e. The Morgan fingerprint density at radius 2 is 2.18 bits per heavy atom. The standard InChI is InChI=1S/C12H20ClN3O/c1-5-10-12(13)11(16(4)15-10)6-9(17)7-14-8(2)3/h8,14H,5-7H2,1-4H3. The SMILES string of the molecule is CCc1nn(C)c(CC(=O)CNC(C)C)c1Cl. The van der Waals surface area contributed by atoms with Crippen LogP contribution in [0.15, 0.2) is 0 Å². The molecule has 96 valence electrons. The Morgan fingerprint density at radius 1 is 1.53 bits per heavy atom. The minimum absolute atomic E-state index is 0.131. The van der Waals surface area contributed by atoms with E-state index in [2.05, 4.69) is 10.4 Å². The summed E-state index contributed by atoms with van der Waals surface area (Å²) in [7, 11) is 1.82. The number of rotatable bonds is 6. The maximum atomic E-state index is 11.8. The maximum absolute atomic E-state index is 11.8. The second-order valence-electron chi connectivity index (χ2n) is 4.44. The summed E-state index contributed by atoms with van der Waals surface area (Å²) in [5, 5.41) is 8.02. The van der Waals surface area contributed by atoms with Gasteiger partial charge >= 0.3 is 0 Å². The van der Waals surface area contributed by atoms with E-state index in [9.17, 15) is 4.79 Å². The molecule has 0 unspecified atom stereocenters. The van der Waals surface area contributed by atoms with Crippen molar-refractivity contribution in [1.82, 2.24) is 15.1 Å². The zero-order chi connectivity index (χ0) is 13.0. The first kappa shape index (κ1) is 14.2. The number of carbonyl (C=O) groups is 1. The van der Waals surface area contributed by atoms with E-state index in [-0.39, 0.29) is 5.78 Å². The third-order valence-corrected chi connectivity index (χ3v) is 3.01. The molecule has 0 saturated carbocycles. The maximum Gasteiger partial charge on any atom is 0.152 e. The predicted molar refractivity (Wildman–Crippen MR) is 69.4 cm³/mol. The highest BCUT2D eigenvalue weighted by molar-refractivity contribution is 6.32. The molecule has 0 radical (unpaired) electrons. The average molecular weight is 258 g/mol. The molecule has 4 nitrogen and oxygen atoms in total. The van der Waals surface area contributed by atoms with Crippen molar-refractivity contribution < 1.29 is 4.79 Å². The zero-order valence-corrected chi connectivity index (χ0v) is 11.6. The number of halogens is 1. The topological polar surface area (TPSA) is 46.9 Å². The number of hydrogen-bond acceptors (Lipinski definition) is 3. The Bertz CT molecular complexity index is 399. The van der Waals surface area contributed by atoms with Crippen LogP contribution in [0.5, 0.6) is 0 Å². The van der Waals surface area contributed by atoms with Crippen molar-refractivity contribution in [2.45, 2.75) is 39.7 Å². The fourth-order valence-corrected chi connectivity index (χ4v) is 1.94. The molecule has 1 aromatic rings. The van der Waals surface area contributed by atoms with Crippen molar-refractivity contribution in [1.29, 1.82) is 0 Å². The molecule has 0 bridgehead atoms. The molecule has 5 heteroatoms. The lowest BCUT2D eigenvalue weighted by Crippen LogP contribution is -2.30. The van der Waals surface area contributed by atoms with Gasteiger partial charge in [-0.2, -0.15) is 5.10 Å². The summed E-state index contributed by atoms with van der Waals surface area (Å²) < 4.78 is 1.70. The summed E-state index contributed by atoms with van der Waals surface area (Å²) in [6.07, 6.45) is 1.12. The van der Waals surface area contributed by atoms with Crippen molar-refractivity contribution in [2.75, 3.05) is 6.54 Å². The monoisotopic (exact) mass is 257 g/mol. The van der Waals surface area contributed by atoms with Gasteiger partial charge in [-0.25, -0.2) is 0 Å².